The van der Waals surface area contributed by atoms with Crippen molar-refractivity contribution in [2.24, 2.45) is 0 Å². The van der Waals surface area contributed by atoms with Crippen LogP contribution in [0.5, 0.6) is 5.75 Å². The molecule has 2 rings (SSSR count). The highest BCUT2D eigenvalue weighted by Crippen LogP contribution is 2.25. The Morgan fingerprint density at radius 1 is 1.10 bits per heavy atom. The molecule has 2 aromatic rings. The van der Waals surface area contributed by atoms with Crippen LogP contribution < -0.4 is 5.32 Å². The largest absolute Gasteiger partial charge is 0.508 e. The molecule has 0 heterocycles. The molecule has 2 unspecified atom stereocenters. The van der Waals surface area contributed by atoms with E-state index in [0.717, 1.165) is 10.0 Å². The van der Waals surface area contributed by atoms with E-state index in [4.69, 9.17) is 0 Å². The van der Waals surface area contributed by atoms with Gasteiger partial charge in [-0.3, -0.25) is 0 Å². The van der Waals surface area contributed by atoms with Crippen molar-refractivity contribution in [3.8, 4) is 5.75 Å². The van der Waals surface area contributed by atoms with Crippen LogP contribution in [-0.2, 0) is 0 Å². The highest BCUT2D eigenvalue weighted by molar-refractivity contribution is 9.10. The summed E-state index contributed by atoms with van der Waals surface area (Å²) in [7, 11) is 0. The molecule has 2 N–H and O–H groups in total. The van der Waals surface area contributed by atoms with Crippen LogP contribution in [0.4, 0.5) is 4.39 Å². The lowest BCUT2D eigenvalue weighted by molar-refractivity contribution is 0.460. The Bertz CT molecular complexity index is 603. The molecule has 0 aliphatic carbocycles. The van der Waals surface area contributed by atoms with Crippen LogP contribution in [0.25, 0.3) is 0 Å². The first-order valence-electron chi connectivity index (χ1n) is 6.47. The number of halogens is 2. The van der Waals surface area contributed by atoms with Crippen molar-refractivity contribution >= 4 is 15.9 Å². The zero-order valence-electron chi connectivity index (χ0n) is 11.4. The molecule has 2 aromatic carbocycles. The average molecular weight is 338 g/mol. The zero-order valence-corrected chi connectivity index (χ0v) is 13.0. The second-order valence-corrected chi connectivity index (χ2v) is 5.79. The van der Waals surface area contributed by atoms with E-state index in [9.17, 15) is 9.50 Å². The summed E-state index contributed by atoms with van der Waals surface area (Å²) in [6.45, 7) is 3.91. The first kappa shape index (κ1) is 15.0. The molecule has 0 saturated carbocycles. The van der Waals surface area contributed by atoms with Gasteiger partial charge in [0.1, 0.15) is 11.6 Å². The van der Waals surface area contributed by atoms with Crippen LogP contribution in [0.1, 0.15) is 37.1 Å². The molecule has 0 spiro atoms. The quantitative estimate of drug-likeness (QED) is 0.847. The lowest BCUT2D eigenvalue weighted by atomic mass is 10.0. The Morgan fingerprint density at radius 2 is 1.85 bits per heavy atom. The molecular formula is C16H17BrFNO. The summed E-state index contributed by atoms with van der Waals surface area (Å²) < 4.78 is 14.7. The van der Waals surface area contributed by atoms with Crippen LogP contribution >= 0.6 is 15.9 Å². The minimum Gasteiger partial charge on any atom is -0.508 e. The van der Waals surface area contributed by atoms with E-state index >= 15 is 0 Å². The van der Waals surface area contributed by atoms with Crippen molar-refractivity contribution in [1.82, 2.24) is 5.32 Å². The van der Waals surface area contributed by atoms with Crippen molar-refractivity contribution in [3.05, 3.63) is 63.9 Å². The minimum absolute atomic E-state index is 0.00971. The molecule has 2 nitrogen and oxygen atoms in total. The lowest BCUT2D eigenvalue weighted by Gasteiger charge is -2.21. The summed E-state index contributed by atoms with van der Waals surface area (Å²) in [6, 6.07) is 11.9. The number of phenolic OH excluding ortho intramolecular Hbond substituents is 1. The minimum atomic E-state index is -0.226. The SMILES string of the molecule is CC(NC(C)c1cc(Br)ccc1F)c1cccc(O)c1. The maximum Gasteiger partial charge on any atom is 0.128 e. The first-order valence-corrected chi connectivity index (χ1v) is 7.26. The summed E-state index contributed by atoms with van der Waals surface area (Å²) in [5.74, 6) is 0.00810. The number of phenols is 1. The topological polar surface area (TPSA) is 32.3 Å². The summed E-state index contributed by atoms with van der Waals surface area (Å²) in [4.78, 5) is 0. The van der Waals surface area contributed by atoms with Crippen molar-refractivity contribution in [2.75, 3.05) is 0 Å². The predicted octanol–water partition coefficient (Wildman–Crippen LogP) is 4.71. The number of nitrogens with one attached hydrogen (secondary N) is 1. The van der Waals surface area contributed by atoms with E-state index in [1.165, 1.54) is 6.07 Å². The van der Waals surface area contributed by atoms with Gasteiger partial charge in [-0.1, -0.05) is 28.1 Å². The standard InChI is InChI=1S/C16H17BrFNO/c1-10(12-4-3-5-14(20)8-12)19-11(2)15-9-13(17)6-7-16(15)18/h3-11,19-20H,1-2H3. The van der Waals surface area contributed by atoms with Gasteiger partial charge in [-0.2, -0.15) is 0 Å². The molecule has 2 atom stereocenters. The van der Waals surface area contributed by atoms with Gasteiger partial charge in [0, 0.05) is 22.1 Å². The van der Waals surface area contributed by atoms with E-state index in [2.05, 4.69) is 21.2 Å². The molecule has 20 heavy (non-hydrogen) atoms. The van der Waals surface area contributed by atoms with E-state index in [1.54, 1.807) is 30.3 Å². The van der Waals surface area contributed by atoms with Gasteiger partial charge in [0.2, 0.25) is 0 Å². The van der Waals surface area contributed by atoms with Gasteiger partial charge in [-0.05, 0) is 49.7 Å². The summed E-state index contributed by atoms with van der Waals surface area (Å²) in [5, 5.41) is 12.8. The van der Waals surface area contributed by atoms with Gasteiger partial charge in [0.15, 0.2) is 0 Å². The fraction of sp³-hybridized carbons (Fsp3) is 0.250. The molecule has 0 aliphatic rings. The zero-order chi connectivity index (χ0) is 14.7. The van der Waals surface area contributed by atoms with E-state index in [0.29, 0.717) is 5.56 Å². The maximum absolute atomic E-state index is 13.8. The highest BCUT2D eigenvalue weighted by Gasteiger charge is 2.15. The van der Waals surface area contributed by atoms with Gasteiger partial charge in [0.05, 0.1) is 0 Å². The summed E-state index contributed by atoms with van der Waals surface area (Å²) in [6.07, 6.45) is 0. The van der Waals surface area contributed by atoms with Gasteiger partial charge >= 0.3 is 0 Å². The first-order chi connectivity index (χ1) is 9.47. The van der Waals surface area contributed by atoms with Gasteiger partial charge in [-0.15, -0.1) is 0 Å². The van der Waals surface area contributed by atoms with Gasteiger partial charge in [-0.25, -0.2) is 4.39 Å². The van der Waals surface area contributed by atoms with Crippen LogP contribution in [-0.4, -0.2) is 5.11 Å². The number of hydrogen-bond acceptors (Lipinski definition) is 2. The Balaban J connectivity index is 2.15. The second-order valence-electron chi connectivity index (χ2n) is 4.87. The number of benzene rings is 2. The average Bonchev–Trinajstić information content (AvgIpc) is 2.41. The monoisotopic (exact) mass is 337 g/mol. The van der Waals surface area contributed by atoms with Crippen LogP contribution in [0, 0.1) is 5.82 Å². The third-order valence-electron chi connectivity index (χ3n) is 3.29. The maximum atomic E-state index is 13.8. The Morgan fingerprint density at radius 3 is 2.55 bits per heavy atom. The molecule has 0 fully saturated rings. The molecule has 0 radical (unpaired) electrons. The Kier molecular flexibility index (Phi) is 4.78. The molecule has 0 saturated heterocycles. The molecule has 106 valence electrons. The summed E-state index contributed by atoms with van der Waals surface area (Å²) >= 11 is 3.36. The third-order valence-corrected chi connectivity index (χ3v) is 3.79. The fourth-order valence-electron chi connectivity index (χ4n) is 2.20. The van der Waals surface area contributed by atoms with Crippen LogP contribution in [0.3, 0.4) is 0 Å². The van der Waals surface area contributed by atoms with Crippen molar-refractivity contribution < 1.29 is 9.50 Å². The second kappa shape index (κ2) is 6.37. The smallest absolute Gasteiger partial charge is 0.128 e. The fourth-order valence-corrected chi connectivity index (χ4v) is 2.58. The molecule has 0 bridgehead atoms. The molecular weight excluding hydrogens is 321 g/mol. The van der Waals surface area contributed by atoms with Crippen LogP contribution in [0.15, 0.2) is 46.9 Å². The van der Waals surface area contributed by atoms with Gasteiger partial charge in [0.25, 0.3) is 0 Å². The molecule has 0 amide bonds. The number of aromatic hydroxyl groups is 1. The predicted molar refractivity (Wildman–Crippen MR) is 82.2 cm³/mol. The highest BCUT2D eigenvalue weighted by atomic mass is 79.9. The van der Waals surface area contributed by atoms with E-state index in [1.807, 2.05) is 19.9 Å². The van der Waals surface area contributed by atoms with Crippen molar-refractivity contribution in [3.63, 3.8) is 0 Å². The van der Waals surface area contributed by atoms with Crippen LogP contribution in [0.2, 0.25) is 0 Å². The molecule has 0 aromatic heterocycles. The number of hydrogen-bond donors (Lipinski definition) is 2. The van der Waals surface area contributed by atoms with E-state index < -0.39 is 0 Å². The van der Waals surface area contributed by atoms with Crippen molar-refractivity contribution in [2.45, 2.75) is 25.9 Å². The molecule has 4 heteroatoms. The normalized spacial score (nSPS) is 14.0. The Hall–Kier alpha value is -1.39. The lowest BCUT2D eigenvalue weighted by Crippen LogP contribution is -2.23. The van der Waals surface area contributed by atoms with E-state index in [-0.39, 0.29) is 23.7 Å². The third kappa shape index (κ3) is 3.58. The Labute approximate surface area is 126 Å². The number of rotatable bonds is 4. The summed E-state index contributed by atoms with van der Waals surface area (Å²) in [5.41, 5.74) is 1.58. The van der Waals surface area contributed by atoms with Crippen molar-refractivity contribution in [1.29, 1.82) is 0 Å². The molecule has 0 aliphatic heterocycles. The van der Waals surface area contributed by atoms with Gasteiger partial charge < -0.3 is 10.4 Å².